The van der Waals surface area contributed by atoms with Crippen LogP contribution in [0.4, 0.5) is 23.0 Å². The molecule has 0 amide bonds. The van der Waals surface area contributed by atoms with Gasteiger partial charge in [-0.05, 0) is 0 Å². The monoisotopic (exact) mass is 878 g/mol. The molecule has 0 bridgehead atoms. The Morgan fingerprint density at radius 3 is 1.16 bits per heavy atom. The molecule has 0 spiro atoms. The van der Waals surface area contributed by atoms with Crippen LogP contribution in [0, 0.1) is 0 Å². The first-order chi connectivity index (χ1) is 29.2. The van der Waals surface area contributed by atoms with Gasteiger partial charge in [0.05, 0.1) is 27.4 Å². The Balaban J connectivity index is 1.75. The van der Waals surface area contributed by atoms with Crippen LogP contribution in [-0.4, -0.2) is 144 Å². The number of esters is 6. The number of carbonyl (C=O) groups is 6. The quantitative estimate of drug-likeness (QED) is 0.125. The van der Waals surface area contributed by atoms with Gasteiger partial charge in [-0.1, -0.05) is 0 Å². The SMILES string of the molecule is COc1nc(N[C@@H]2OC[C@H](OC(C)=O)[C@H](OC(C)=O)[C@@H]2OC(C)=O)c(N=CC=Nc2c(N[C@@H]3OC[C@H](OC(C)=O)[C@@H](OC(C)=O)[C@@H]3OC(C)=O)nc(OC)n(C)c2=O)c(=O)n1C. The van der Waals surface area contributed by atoms with Crippen LogP contribution in [0.15, 0.2) is 19.6 Å². The molecule has 8 atom stereocenters. The maximum Gasteiger partial charge on any atom is 0.303 e. The average Bonchev–Trinajstić information content (AvgIpc) is 3.18. The van der Waals surface area contributed by atoms with Crippen molar-refractivity contribution in [3.8, 4) is 12.0 Å². The number of rotatable bonds is 15. The second-order valence-corrected chi connectivity index (χ2v) is 13.3. The summed E-state index contributed by atoms with van der Waals surface area (Å²) < 4.78 is 56.4. The molecule has 0 aromatic carbocycles. The molecule has 2 aromatic heterocycles. The van der Waals surface area contributed by atoms with Crippen LogP contribution >= 0.6 is 0 Å². The molecule has 4 heterocycles. The summed E-state index contributed by atoms with van der Waals surface area (Å²) in [5.74, 6) is -5.27. The van der Waals surface area contributed by atoms with E-state index in [1.54, 1.807) is 0 Å². The normalized spacial score (nSPS) is 23.5. The van der Waals surface area contributed by atoms with E-state index in [1.807, 2.05) is 0 Å². The van der Waals surface area contributed by atoms with Gasteiger partial charge in [0.2, 0.25) is 0 Å². The number of carbonyl (C=O) groups excluding carboxylic acids is 6. The zero-order valence-corrected chi connectivity index (χ0v) is 35.2. The maximum atomic E-state index is 13.6. The summed E-state index contributed by atoms with van der Waals surface area (Å²) in [6.45, 7) is 5.89. The smallest absolute Gasteiger partial charge is 0.303 e. The van der Waals surface area contributed by atoms with Gasteiger partial charge >= 0.3 is 47.8 Å². The third-order valence-corrected chi connectivity index (χ3v) is 8.55. The number of ether oxygens (including phenoxy) is 10. The van der Waals surface area contributed by atoms with Crippen molar-refractivity contribution in [3.05, 3.63) is 20.7 Å². The number of nitrogens with one attached hydrogen (secondary N) is 2. The maximum absolute atomic E-state index is 13.6. The summed E-state index contributed by atoms with van der Waals surface area (Å²) in [5.41, 5.74) is -2.31. The van der Waals surface area contributed by atoms with Crippen molar-refractivity contribution in [2.75, 3.05) is 38.1 Å². The number of methoxy groups -OCH3 is 2. The summed E-state index contributed by atoms with van der Waals surface area (Å²) in [6, 6.07) is -0.398. The van der Waals surface area contributed by atoms with Crippen molar-refractivity contribution < 1.29 is 76.1 Å². The minimum atomic E-state index is -1.46. The van der Waals surface area contributed by atoms with E-state index >= 15 is 0 Å². The van der Waals surface area contributed by atoms with Crippen LogP contribution in [0.2, 0.25) is 0 Å². The van der Waals surface area contributed by atoms with E-state index in [0.29, 0.717) is 0 Å². The highest BCUT2D eigenvalue weighted by molar-refractivity contribution is 6.17. The lowest BCUT2D eigenvalue weighted by Gasteiger charge is -2.40. The molecule has 2 aromatic rings. The summed E-state index contributed by atoms with van der Waals surface area (Å²) in [4.78, 5) is 117. The molecule has 0 unspecified atom stereocenters. The Morgan fingerprint density at radius 1 is 0.565 bits per heavy atom. The summed E-state index contributed by atoms with van der Waals surface area (Å²) in [7, 11) is 5.17. The highest BCUT2D eigenvalue weighted by atomic mass is 16.7. The number of hydrogen-bond acceptors (Lipinski definition) is 24. The molecule has 2 N–H and O–H groups in total. The highest BCUT2D eigenvalue weighted by Gasteiger charge is 2.49. The van der Waals surface area contributed by atoms with E-state index in [-0.39, 0.29) is 48.2 Å². The fraction of sp³-hybridized carbons (Fsp3) is 0.556. The third-order valence-electron chi connectivity index (χ3n) is 8.55. The van der Waals surface area contributed by atoms with Gasteiger partial charge in [0.1, 0.15) is 0 Å². The van der Waals surface area contributed by atoms with Crippen LogP contribution in [0.3, 0.4) is 0 Å². The molecule has 2 fully saturated rings. The van der Waals surface area contributed by atoms with Crippen molar-refractivity contribution in [1.82, 2.24) is 19.1 Å². The van der Waals surface area contributed by atoms with E-state index in [1.165, 1.54) is 28.3 Å². The highest BCUT2D eigenvalue weighted by Crippen LogP contribution is 2.30. The predicted molar refractivity (Wildman–Crippen MR) is 208 cm³/mol. The van der Waals surface area contributed by atoms with Crippen LogP contribution in [-0.2, 0) is 80.8 Å². The number of nitrogens with zero attached hydrogens (tertiary/aromatic N) is 6. The Morgan fingerprint density at radius 2 is 0.871 bits per heavy atom. The van der Waals surface area contributed by atoms with Crippen LogP contribution in [0.1, 0.15) is 41.5 Å². The molecule has 2 aliphatic rings. The van der Waals surface area contributed by atoms with Gasteiger partial charge < -0.3 is 58.0 Å². The average molecular weight is 879 g/mol. The Labute approximate surface area is 351 Å². The van der Waals surface area contributed by atoms with Crippen molar-refractivity contribution in [2.24, 2.45) is 24.1 Å². The fourth-order valence-electron chi connectivity index (χ4n) is 6.16. The van der Waals surface area contributed by atoms with Crippen molar-refractivity contribution in [1.29, 1.82) is 0 Å². The molecule has 0 aliphatic carbocycles. The van der Waals surface area contributed by atoms with Gasteiger partial charge in [-0.2, -0.15) is 9.97 Å². The van der Waals surface area contributed by atoms with Crippen molar-refractivity contribution in [3.63, 3.8) is 0 Å². The van der Waals surface area contributed by atoms with Gasteiger partial charge in [-0.3, -0.25) is 47.5 Å². The standard InChI is InChI=1S/C36H46N8O18/c1-15(45)57-21-13-55-31(27(61-19(5)49)25(21)59-17(3)47)39-29-23(33(51)43(7)35(41-29)53-9)37-11-12-38-24-30(42-36(54-10)44(8)34(24)52)40-32-28(62-20(6)50)26(60-18(4)48)22(14-56-32)58-16(2)46/h11-12,21-22,25-28,31-32,39-40H,13-14H2,1-10H3/t21-,22-,25-,26+,27-,28-,31+,32+/m0/s1. The molecule has 2 saturated heterocycles. The van der Waals surface area contributed by atoms with Gasteiger partial charge in [0, 0.05) is 68.1 Å². The second kappa shape index (κ2) is 21.0. The molecule has 62 heavy (non-hydrogen) atoms. The largest absolute Gasteiger partial charge is 0.468 e. The number of aromatic nitrogens is 4. The van der Waals surface area contributed by atoms with Gasteiger partial charge in [0.25, 0.3) is 11.1 Å². The van der Waals surface area contributed by atoms with E-state index in [0.717, 1.165) is 63.1 Å². The molecule has 26 heteroatoms. The zero-order chi connectivity index (χ0) is 46.0. The minimum absolute atomic E-state index is 0.199. The fourth-order valence-corrected chi connectivity index (χ4v) is 6.16. The van der Waals surface area contributed by atoms with Gasteiger partial charge in [-0.25, -0.2) is 9.98 Å². The Bertz CT molecular complexity index is 2070. The predicted octanol–water partition coefficient (Wildman–Crippen LogP) is -0.877. The van der Waals surface area contributed by atoms with E-state index in [2.05, 4.69) is 30.6 Å². The molecule has 4 rings (SSSR count). The Kier molecular flexibility index (Phi) is 16.2. The molecular formula is C36H46N8O18. The van der Waals surface area contributed by atoms with Crippen LogP contribution in [0.5, 0.6) is 12.0 Å². The molecule has 0 radical (unpaired) electrons. The molecular weight excluding hydrogens is 832 g/mol. The lowest BCUT2D eigenvalue weighted by atomic mass is 10.0. The number of anilines is 2. The second-order valence-electron chi connectivity index (χ2n) is 13.3. The van der Waals surface area contributed by atoms with Gasteiger partial charge in [-0.15, -0.1) is 0 Å². The number of hydrogen-bond donors (Lipinski definition) is 2. The van der Waals surface area contributed by atoms with E-state index in [4.69, 9.17) is 47.4 Å². The van der Waals surface area contributed by atoms with E-state index < -0.39 is 96.0 Å². The molecule has 2 aliphatic heterocycles. The summed E-state index contributed by atoms with van der Waals surface area (Å²) >= 11 is 0. The van der Waals surface area contributed by atoms with Crippen molar-refractivity contribution in [2.45, 2.75) is 90.6 Å². The topological polar surface area (TPSA) is 313 Å². The Hall–Kier alpha value is -6.96. The van der Waals surface area contributed by atoms with E-state index in [9.17, 15) is 38.4 Å². The first-order valence-electron chi connectivity index (χ1n) is 18.4. The molecule has 26 nitrogen and oxygen atoms in total. The third kappa shape index (κ3) is 11.9. The number of aliphatic imine (C=N–C) groups is 2. The molecule has 0 saturated carbocycles. The van der Waals surface area contributed by atoms with Crippen LogP contribution < -0.4 is 31.2 Å². The minimum Gasteiger partial charge on any atom is -0.468 e. The van der Waals surface area contributed by atoms with Crippen LogP contribution in [0.25, 0.3) is 0 Å². The zero-order valence-electron chi connectivity index (χ0n) is 35.2. The van der Waals surface area contributed by atoms with Crippen molar-refractivity contribution >= 4 is 71.3 Å². The first kappa shape index (κ1) is 47.7. The molecule has 338 valence electrons. The lowest BCUT2D eigenvalue weighted by molar-refractivity contribution is -0.221. The summed E-state index contributed by atoms with van der Waals surface area (Å²) in [5, 5.41) is 5.65. The summed E-state index contributed by atoms with van der Waals surface area (Å²) in [6.07, 6.45) is -8.76. The van der Waals surface area contributed by atoms with Gasteiger partial charge in [0.15, 0.2) is 72.1 Å². The lowest BCUT2D eigenvalue weighted by Crippen LogP contribution is -2.59. The first-order valence-corrected chi connectivity index (χ1v) is 18.4.